The number of aromatic hydroxyl groups is 1. The van der Waals surface area contributed by atoms with Crippen LogP contribution in [0.25, 0.3) is 0 Å². The molecule has 0 amide bonds. The molecule has 20 heavy (non-hydrogen) atoms. The van der Waals surface area contributed by atoms with Gasteiger partial charge in [-0.2, -0.15) is 13.2 Å². The van der Waals surface area contributed by atoms with E-state index in [9.17, 15) is 18.3 Å². The van der Waals surface area contributed by atoms with E-state index in [0.717, 1.165) is 25.0 Å². The Morgan fingerprint density at radius 3 is 2.45 bits per heavy atom. The third-order valence-corrected chi connectivity index (χ3v) is 4.00. The summed E-state index contributed by atoms with van der Waals surface area (Å²) >= 11 is 0. The fourth-order valence-electron chi connectivity index (χ4n) is 2.85. The van der Waals surface area contributed by atoms with Crippen molar-refractivity contribution in [1.29, 1.82) is 0 Å². The number of nitrogens with zero attached hydrogens (tertiary/aromatic N) is 1. The molecule has 0 atom stereocenters. The van der Waals surface area contributed by atoms with Crippen molar-refractivity contribution >= 4 is 0 Å². The van der Waals surface area contributed by atoms with E-state index in [1.165, 1.54) is 19.3 Å². The van der Waals surface area contributed by atoms with Gasteiger partial charge >= 0.3 is 6.18 Å². The Morgan fingerprint density at radius 1 is 1.20 bits per heavy atom. The van der Waals surface area contributed by atoms with Crippen LogP contribution in [-0.4, -0.2) is 23.1 Å². The number of benzene rings is 1. The van der Waals surface area contributed by atoms with Crippen molar-refractivity contribution < 1.29 is 18.3 Å². The molecule has 0 aliphatic heterocycles. The monoisotopic (exact) mass is 287 g/mol. The fourth-order valence-corrected chi connectivity index (χ4v) is 2.85. The molecular formula is C15H20F3NO. The number of rotatable bonds is 3. The predicted octanol–water partition coefficient (Wildman–Crippen LogP) is 4.18. The molecule has 1 saturated carbocycles. The minimum Gasteiger partial charge on any atom is -0.507 e. The Hall–Kier alpha value is -1.23. The van der Waals surface area contributed by atoms with Gasteiger partial charge in [-0.3, -0.25) is 4.90 Å². The van der Waals surface area contributed by atoms with E-state index in [2.05, 4.69) is 4.90 Å². The molecule has 0 aromatic heterocycles. The number of phenols is 1. The van der Waals surface area contributed by atoms with Crippen molar-refractivity contribution in [3.63, 3.8) is 0 Å². The average Bonchev–Trinajstić information content (AvgIpc) is 2.40. The number of hydrogen-bond donors (Lipinski definition) is 1. The summed E-state index contributed by atoms with van der Waals surface area (Å²) in [7, 11) is 1.95. The minimum absolute atomic E-state index is 0.451. The van der Waals surface area contributed by atoms with Gasteiger partial charge in [0.15, 0.2) is 0 Å². The fraction of sp³-hybridized carbons (Fsp3) is 0.600. The Morgan fingerprint density at radius 2 is 1.85 bits per heavy atom. The summed E-state index contributed by atoms with van der Waals surface area (Å²) < 4.78 is 38.2. The lowest BCUT2D eigenvalue weighted by molar-refractivity contribution is -0.138. The number of phenolic OH excluding ortho intramolecular Hbond substituents is 1. The average molecular weight is 287 g/mol. The van der Waals surface area contributed by atoms with Gasteiger partial charge in [-0.1, -0.05) is 25.3 Å². The van der Waals surface area contributed by atoms with Gasteiger partial charge in [0.25, 0.3) is 0 Å². The van der Waals surface area contributed by atoms with Gasteiger partial charge in [-0.15, -0.1) is 0 Å². The summed E-state index contributed by atoms with van der Waals surface area (Å²) in [5, 5.41) is 9.32. The second-order valence-electron chi connectivity index (χ2n) is 5.56. The zero-order valence-electron chi connectivity index (χ0n) is 11.6. The minimum atomic E-state index is -4.51. The van der Waals surface area contributed by atoms with E-state index in [0.29, 0.717) is 18.2 Å². The van der Waals surface area contributed by atoms with E-state index in [1.54, 1.807) is 6.07 Å². The van der Waals surface area contributed by atoms with Crippen molar-refractivity contribution in [2.24, 2.45) is 0 Å². The van der Waals surface area contributed by atoms with Crippen LogP contribution in [0.3, 0.4) is 0 Å². The number of hydrogen-bond acceptors (Lipinski definition) is 2. The first-order valence-corrected chi connectivity index (χ1v) is 6.97. The Bertz CT molecular complexity index is 453. The molecule has 5 heteroatoms. The van der Waals surface area contributed by atoms with Gasteiger partial charge in [0.1, 0.15) is 5.75 Å². The molecule has 0 heterocycles. The van der Waals surface area contributed by atoms with Crippen molar-refractivity contribution in [2.45, 2.75) is 50.9 Å². The maximum absolute atomic E-state index is 12.7. The first-order chi connectivity index (χ1) is 9.38. The lowest BCUT2D eigenvalue weighted by Crippen LogP contribution is -2.32. The highest BCUT2D eigenvalue weighted by atomic mass is 19.4. The molecule has 2 rings (SSSR count). The van der Waals surface area contributed by atoms with Crippen LogP contribution < -0.4 is 0 Å². The second-order valence-corrected chi connectivity index (χ2v) is 5.56. The van der Waals surface area contributed by atoms with Crippen LogP contribution in [0.2, 0.25) is 0 Å². The summed E-state index contributed by atoms with van der Waals surface area (Å²) in [6.07, 6.45) is 1.35. The molecular weight excluding hydrogens is 267 g/mol. The maximum atomic E-state index is 12.7. The van der Waals surface area contributed by atoms with Gasteiger partial charge < -0.3 is 5.11 Å². The van der Waals surface area contributed by atoms with Crippen LogP contribution in [0.1, 0.15) is 43.2 Å². The third kappa shape index (κ3) is 3.66. The molecule has 1 aliphatic carbocycles. The van der Waals surface area contributed by atoms with Crippen LogP contribution in [0, 0.1) is 0 Å². The highest BCUT2D eigenvalue weighted by Crippen LogP contribution is 2.36. The lowest BCUT2D eigenvalue weighted by Gasteiger charge is -2.31. The molecule has 0 bridgehead atoms. The van der Waals surface area contributed by atoms with Crippen LogP contribution in [0.5, 0.6) is 5.75 Å². The van der Waals surface area contributed by atoms with Gasteiger partial charge in [-0.05, 0) is 37.6 Å². The van der Waals surface area contributed by atoms with E-state index >= 15 is 0 Å². The topological polar surface area (TPSA) is 23.5 Å². The Kier molecular flexibility index (Phi) is 4.58. The Balaban J connectivity index is 2.09. The summed E-state index contributed by atoms with van der Waals surface area (Å²) in [5.74, 6) is -0.707. The third-order valence-electron chi connectivity index (χ3n) is 4.00. The molecule has 2 nitrogen and oxygen atoms in total. The second kappa shape index (κ2) is 6.04. The zero-order chi connectivity index (χ0) is 14.8. The quantitative estimate of drug-likeness (QED) is 0.901. The van der Waals surface area contributed by atoms with Crippen LogP contribution in [-0.2, 0) is 12.7 Å². The summed E-state index contributed by atoms with van der Waals surface area (Å²) in [6, 6.07) is 4.19. The van der Waals surface area contributed by atoms with Gasteiger partial charge in [-0.25, -0.2) is 0 Å². The van der Waals surface area contributed by atoms with Crippen molar-refractivity contribution in [2.75, 3.05) is 7.05 Å². The van der Waals surface area contributed by atoms with E-state index in [1.807, 2.05) is 7.05 Å². The first kappa shape index (κ1) is 15.2. The largest absolute Gasteiger partial charge is 0.507 e. The molecule has 1 N–H and O–H groups in total. The Labute approximate surface area is 117 Å². The molecule has 0 unspecified atom stereocenters. The van der Waals surface area contributed by atoms with Gasteiger partial charge in [0.05, 0.1) is 5.56 Å². The molecule has 1 aromatic rings. The molecule has 1 aliphatic rings. The zero-order valence-corrected chi connectivity index (χ0v) is 11.6. The molecule has 1 aromatic carbocycles. The molecule has 112 valence electrons. The van der Waals surface area contributed by atoms with E-state index in [4.69, 9.17) is 0 Å². The number of halogens is 3. The van der Waals surface area contributed by atoms with Crippen LogP contribution in [0.15, 0.2) is 18.2 Å². The van der Waals surface area contributed by atoms with Gasteiger partial charge in [0, 0.05) is 12.6 Å². The van der Waals surface area contributed by atoms with Crippen molar-refractivity contribution in [1.82, 2.24) is 4.90 Å². The first-order valence-electron chi connectivity index (χ1n) is 6.97. The summed E-state index contributed by atoms with van der Waals surface area (Å²) in [5.41, 5.74) is -0.366. The highest BCUT2D eigenvalue weighted by Gasteiger charge is 2.34. The predicted molar refractivity (Wildman–Crippen MR) is 71.4 cm³/mol. The van der Waals surface area contributed by atoms with E-state index in [-0.39, 0.29) is 0 Å². The maximum Gasteiger partial charge on any atom is 0.419 e. The normalized spacial score (nSPS) is 17.6. The lowest BCUT2D eigenvalue weighted by atomic mass is 9.94. The molecule has 0 spiro atoms. The van der Waals surface area contributed by atoms with Crippen molar-refractivity contribution in [3.8, 4) is 5.75 Å². The summed E-state index contributed by atoms with van der Waals surface area (Å²) in [6.45, 7) is 0.480. The van der Waals surface area contributed by atoms with Gasteiger partial charge in [0.2, 0.25) is 0 Å². The van der Waals surface area contributed by atoms with E-state index < -0.39 is 17.5 Å². The molecule has 0 saturated heterocycles. The standard InChI is InChI=1S/C15H20F3NO/c1-19(12-5-3-2-4-6-12)10-11-7-8-14(20)13(9-11)15(16,17)18/h7-9,12,20H,2-6,10H2,1H3. The smallest absolute Gasteiger partial charge is 0.419 e. The van der Waals surface area contributed by atoms with Crippen LogP contribution >= 0.6 is 0 Å². The molecule has 0 radical (unpaired) electrons. The summed E-state index contributed by atoms with van der Waals surface area (Å²) in [4.78, 5) is 2.12. The molecule has 1 fully saturated rings. The van der Waals surface area contributed by atoms with Crippen LogP contribution in [0.4, 0.5) is 13.2 Å². The number of alkyl halides is 3. The van der Waals surface area contributed by atoms with Crippen molar-refractivity contribution in [3.05, 3.63) is 29.3 Å². The SMILES string of the molecule is CN(Cc1ccc(O)c(C(F)(F)F)c1)C1CCCCC1. The highest BCUT2D eigenvalue weighted by molar-refractivity contribution is 5.38.